The van der Waals surface area contributed by atoms with E-state index in [1.807, 2.05) is 25.1 Å². The smallest absolute Gasteiger partial charge is 0.276 e. The fraction of sp³-hybridized carbons (Fsp3) is 0.0769. The second-order valence-electron chi connectivity index (χ2n) is 4.04. The molecule has 0 saturated carbocycles. The van der Waals surface area contributed by atoms with Gasteiger partial charge in [-0.25, -0.2) is 15.0 Å². The van der Waals surface area contributed by atoms with E-state index in [-0.39, 0.29) is 5.91 Å². The molecule has 5 nitrogen and oxygen atoms in total. The van der Waals surface area contributed by atoms with Crippen molar-refractivity contribution in [2.45, 2.75) is 6.92 Å². The van der Waals surface area contributed by atoms with Gasteiger partial charge in [-0.05, 0) is 30.7 Å². The number of rotatable bonds is 2. The highest BCUT2D eigenvalue weighted by atomic mass is 32.1. The third-order valence-corrected chi connectivity index (χ3v) is 3.51. The van der Waals surface area contributed by atoms with Crippen LogP contribution in [0.1, 0.15) is 16.1 Å². The fourth-order valence-corrected chi connectivity index (χ4v) is 2.63. The molecule has 0 aliphatic heterocycles. The van der Waals surface area contributed by atoms with Crippen LogP contribution in [-0.2, 0) is 0 Å². The SMILES string of the molecule is Cc1ccc2nc(NC(=O)c3ccncn3)sc2c1. The Balaban J connectivity index is 1.87. The van der Waals surface area contributed by atoms with Gasteiger partial charge in [0.15, 0.2) is 5.13 Å². The van der Waals surface area contributed by atoms with Crippen molar-refractivity contribution in [1.82, 2.24) is 15.0 Å². The molecule has 19 heavy (non-hydrogen) atoms. The number of anilines is 1. The summed E-state index contributed by atoms with van der Waals surface area (Å²) in [7, 11) is 0. The lowest BCUT2D eigenvalue weighted by Gasteiger charge is -1.98. The zero-order valence-electron chi connectivity index (χ0n) is 10.1. The number of nitrogens with one attached hydrogen (secondary N) is 1. The molecule has 1 N–H and O–H groups in total. The van der Waals surface area contributed by atoms with Crippen molar-refractivity contribution in [3.8, 4) is 0 Å². The third-order valence-electron chi connectivity index (χ3n) is 2.58. The molecule has 94 valence electrons. The number of hydrogen-bond acceptors (Lipinski definition) is 5. The first-order valence-corrected chi connectivity index (χ1v) is 6.48. The molecule has 0 unspecified atom stereocenters. The van der Waals surface area contributed by atoms with Crippen molar-refractivity contribution in [3.63, 3.8) is 0 Å². The van der Waals surface area contributed by atoms with Gasteiger partial charge in [-0.15, -0.1) is 0 Å². The van der Waals surface area contributed by atoms with Gasteiger partial charge in [0.2, 0.25) is 0 Å². The number of fused-ring (bicyclic) bond motifs is 1. The van der Waals surface area contributed by atoms with Gasteiger partial charge in [0.05, 0.1) is 10.2 Å². The predicted octanol–water partition coefficient (Wildman–Crippen LogP) is 2.65. The Morgan fingerprint density at radius 2 is 2.21 bits per heavy atom. The maximum absolute atomic E-state index is 11.9. The summed E-state index contributed by atoms with van der Waals surface area (Å²) in [5.74, 6) is -0.279. The molecule has 0 atom stereocenters. The van der Waals surface area contributed by atoms with Crippen LogP contribution in [0.5, 0.6) is 0 Å². The molecule has 3 aromatic rings. The van der Waals surface area contributed by atoms with E-state index < -0.39 is 0 Å². The minimum atomic E-state index is -0.279. The Hall–Kier alpha value is -2.34. The van der Waals surface area contributed by atoms with Crippen molar-refractivity contribution >= 4 is 32.6 Å². The molecule has 0 saturated heterocycles. The fourth-order valence-electron chi connectivity index (χ4n) is 1.67. The molecule has 0 aliphatic carbocycles. The number of aryl methyl sites for hydroxylation is 1. The number of carbonyl (C=O) groups excluding carboxylic acids is 1. The van der Waals surface area contributed by atoms with Crippen LogP contribution in [0.4, 0.5) is 5.13 Å². The van der Waals surface area contributed by atoms with Crippen molar-refractivity contribution in [3.05, 3.63) is 48.0 Å². The molecule has 1 amide bonds. The monoisotopic (exact) mass is 270 g/mol. The zero-order valence-corrected chi connectivity index (χ0v) is 10.9. The number of benzene rings is 1. The molecule has 2 aromatic heterocycles. The summed E-state index contributed by atoms with van der Waals surface area (Å²) in [5, 5.41) is 3.32. The van der Waals surface area contributed by atoms with Gasteiger partial charge < -0.3 is 0 Å². The zero-order chi connectivity index (χ0) is 13.2. The number of aromatic nitrogens is 3. The molecule has 3 rings (SSSR count). The van der Waals surface area contributed by atoms with E-state index in [0.29, 0.717) is 10.8 Å². The number of amides is 1. The highest BCUT2D eigenvalue weighted by Gasteiger charge is 2.10. The van der Waals surface area contributed by atoms with Gasteiger partial charge in [0, 0.05) is 6.20 Å². The quantitative estimate of drug-likeness (QED) is 0.777. The van der Waals surface area contributed by atoms with Crippen molar-refractivity contribution in [2.75, 3.05) is 5.32 Å². The molecule has 0 spiro atoms. The maximum Gasteiger partial charge on any atom is 0.276 e. The first kappa shape index (κ1) is 11.7. The van der Waals surface area contributed by atoms with E-state index in [9.17, 15) is 4.79 Å². The first-order valence-electron chi connectivity index (χ1n) is 5.67. The van der Waals surface area contributed by atoms with Crippen molar-refractivity contribution in [2.24, 2.45) is 0 Å². The van der Waals surface area contributed by atoms with Crippen LogP contribution < -0.4 is 5.32 Å². The lowest BCUT2D eigenvalue weighted by Crippen LogP contribution is -2.13. The third kappa shape index (κ3) is 2.43. The van der Waals surface area contributed by atoms with Gasteiger partial charge in [0.25, 0.3) is 5.91 Å². The summed E-state index contributed by atoms with van der Waals surface area (Å²) in [4.78, 5) is 24.0. The standard InChI is InChI=1S/C13H10N4OS/c1-8-2-3-9-11(6-8)19-13(16-9)17-12(18)10-4-5-14-7-15-10/h2-7H,1H3,(H,16,17,18). The predicted molar refractivity (Wildman–Crippen MR) is 74.3 cm³/mol. The van der Waals surface area contributed by atoms with Crippen LogP contribution in [0, 0.1) is 6.92 Å². The summed E-state index contributed by atoms with van der Waals surface area (Å²) >= 11 is 1.45. The van der Waals surface area contributed by atoms with E-state index in [1.54, 1.807) is 6.07 Å². The molecule has 6 heteroatoms. The Labute approximate surface area is 113 Å². The number of nitrogens with zero attached hydrogens (tertiary/aromatic N) is 3. The lowest BCUT2D eigenvalue weighted by molar-refractivity contribution is 0.102. The summed E-state index contributed by atoms with van der Waals surface area (Å²) in [6, 6.07) is 7.56. The van der Waals surface area contributed by atoms with Crippen LogP contribution in [0.3, 0.4) is 0 Å². The average Bonchev–Trinajstić information content (AvgIpc) is 2.81. The molecule has 2 heterocycles. The number of hydrogen-bond donors (Lipinski definition) is 1. The van der Waals surface area contributed by atoms with Crippen LogP contribution in [0.15, 0.2) is 36.8 Å². The van der Waals surface area contributed by atoms with E-state index in [0.717, 1.165) is 10.2 Å². The van der Waals surface area contributed by atoms with Gasteiger partial charge in [-0.1, -0.05) is 17.4 Å². The Bertz CT molecular complexity index is 739. The van der Waals surface area contributed by atoms with Gasteiger partial charge in [0.1, 0.15) is 12.0 Å². The number of carbonyl (C=O) groups is 1. The summed E-state index contributed by atoms with van der Waals surface area (Å²) in [6.07, 6.45) is 2.88. The molecular weight excluding hydrogens is 260 g/mol. The second-order valence-corrected chi connectivity index (χ2v) is 5.07. The Kier molecular flexibility index (Phi) is 2.92. The highest BCUT2D eigenvalue weighted by Crippen LogP contribution is 2.26. The molecule has 0 aliphatic rings. The van der Waals surface area contributed by atoms with Crippen LogP contribution in [0.25, 0.3) is 10.2 Å². The van der Waals surface area contributed by atoms with Crippen molar-refractivity contribution in [1.29, 1.82) is 0 Å². The van der Waals surface area contributed by atoms with Crippen LogP contribution in [0.2, 0.25) is 0 Å². The molecule has 0 bridgehead atoms. The largest absolute Gasteiger partial charge is 0.296 e. The minimum Gasteiger partial charge on any atom is -0.296 e. The first-order chi connectivity index (χ1) is 9.22. The molecular formula is C13H10N4OS. The van der Waals surface area contributed by atoms with Crippen LogP contribution in [-0.4, -0.2) is 20.9 Å². The van der Waals surface area contributed by atoms with E-state index in [4.69, 9.17) is 0 Å². The Morgan fingerprint density at radius 1 is 1.32 bits per heavy atom. The highest BCUT2D eigenvalue weighted by molar-refractivity contribution is 7.22. The summed E-state index contributed by atoms with van der Waals surface area (Å²) in [6.45, 7) is 2.03. The van der Waals surface area contributed by atoms with E-state index >= 15 is 0 Å². The van der Waals surface area contributed by atoms with Crippen molar-refractivity contribution < 1.29 is 4.79 Å². The molecule has 0 radical (unpaired) electrons. The molecule has 0 fully saturated rings. The topological polar surface area (TPSA) is 67.8 Å². The Morgan fingerprint density at radius 3 is 3.00 bits per heavy atom. The van der Waals surface area contributed by atoms with E-state index in [2.05, 4.69) is 20.3 Å². The van der Waals surface area contributed by atoms with Crippen LogP contribution >= 0.6 is 11.3 Å². The van der Waals surface area contributed by atoms with E-state index in [1.165, 1.54) is 29.4 Å². The lowest BCUT2D eigenvalue weighted by atomic mass is 10.2. The average molecular weight is 270 g/mol. The second kappa shape index (κ2) is 4.74. The normalized spacial score (nSPS) is 10.6. The minimum absolute atomic E-state index is 0.279. The summed E-state index contributed by atoms with van der Waals surface area (Å²) in [5.41, 5.74) is 2.38. The van der Waals surface area contributed by atoms with Gasteiger partial charge in [-0.2, -0.15) is 0 Å². The van der Waals surface area contributed by atoms with Gasteiger partial charge >= 0.3 is 0 Å². The number of thiazole rings is 1. The summed E-state index contributed by atoms with van der Waals surface area (Å²) < 4.78 is 1.05. The molecule has 1 aromatic carbocycles. The van der Waals surface area contributed by atoms with Gasteiger partial charge in [-0.3, -0.25) is 10.1 Å². The maximum atomic E-state index is 11.9.